The van der Waals surface area contributed by atoms with E-state index in [0.29, 0.717) is 19.0 Å². The highest BCUT2D eigenvalue weighted by Gasteiger charge is 2.30. The second kappa shape index (κ2) is 8.21. The standard InChI is InChI=1S/C25H35N3O3/c1-6-28-21-8-7-18(23(29)26-12-9-17(2)10-13-26)15-19(21)20-16-27(14-11-22(20)28)24(30)31-25(3,4)5/h7-8,15,17H,6,9-14,16H2,1-5H3. The quantitative estimate of drug-likeness (QED) is 0.693. The van der Waals surface area contributed by atoms with E-state index in [0.717, 1.165) is 60.9 Å². The molecule has 2 aromatic rings. The van der Waals surface area contributed by atoms with Gasteiger partial charge in [0, 0.05) is 60.3 Å². The Balaban J connectivity index is 1.66. The van der Waals surface area contributed by atoms with Gasteiger partial charge in [0.2, 0.25) is 0 Å². The second-order valence-electron chi connectivity index (χ2n) is 10.0. The summed E-state index contributed by atoms with van der Waals surface area (Å²) in [6, 6.07) is 6.08. The predicted molar refractivity (Wildman–Crippen MR) is 122 cm³/mol. The second-order valence-corrected chi connectivity index (χ2v) is 10.0. The van der Waals surface area contributed by atoms with Crippen molar-refractivity contribution in [3.63, 3.8) is 0 Å². The van der Waals surface area contributed by atoms with E-state index in [1.807, 2.05) is 37.8 Å². The average Bonchev–Trinajstić information content (AvgIpc) is 3.04. The minimum atomic E-state index is -0.514. The lowest BCUT2D eigenvalue weighted by Gasteiger charge is -2.31. The molecular formula is C25H35N3O3. The van der Waals surface area contributed by atoms with Gasteiger partial charge >= 0.3 is 6.09 Å². The smallest absolute Gasteiger partial charge is 0.410 e. The van der Waals surface area contributed by atoms with E-state index >= 15 is 0 Å². The van der Waals surface area contributed by atoms with Crippen LogP contribution in [-0.4, -0.2) is 51.6 Å². The molecule has 0 aliphatic carbocycles. The summed E-state index contributed by atoms with van der Waals surface area (Å²) >= 11 is 0. The van der Waals surface area contributed by atoms with Crippen LogP contribution in [0.3, 0.4) is 0 Å². The lowest BCUT2D eigenvalue weighted by Crippen LogP contribution is -2.40. The van der Waals surface area contributed by atoms with Crippen LogP contribution in [0.2, 0.25) is 0 Å². The molecule has 3 heterocycles. The van der Waals surface area contributed by atoms with E-state index in [1.165, 1.54) is 5.69 Å². The molecule has 0 atom stereocenters. The van der Waals surface area contributed by atoms with Gasteiger partial charge in [-0.05, 0) is 64.7 Å². The van der Waals surface area contributed by atoms with Crippen LogP contribution in [0.1, 0.15) is 69.1 Å². The van der Waals surface area contributed by atoms with Crippen LogP contribution in [0.25, 0.3) is 10.9 Å². The maximum Gasteiger partial charge on any atom is 0.410 e. The molecule has 4 rings (SSSR count). The third-order valence-electron chi connectivity index (χ3n) is 6.54. The van der Waals surface area contributed by atoms with Gasteiger partial charge in [-0.25, -0.2) is 4.79 Å². The van der Waals surface area contributed by atoms with Gasteiger partial charge in [-0.3, -0.25) is 4.79 Å². The molecule has 0 N–H and O–H groups in total. The van der Waals surface area contributed by atoms with Crippen molar-refractivity contribution in [3.8, 4) is 0 Å². The normalized spacial score (nSPS) is 17.7. The number of aromatic nitrogens is 1. The number of carbonyl (C=O) groups is 2. The van der Waals surface area contributed by atoms with Crippen LogP contribution < -0.4 is 0 Å². The van der Waals surface area contributed by atoms with Crippen LogP contribution in [0.5, 0.6) is 0 Å². The van der Waals surface area contributed by atoms with E-state index in [1.54, 1.807) is 4.90 Å². The molecule has 2 aliphatic heterocycles. The third-order valence-corrected chi connectivity index (χ3v) is 6.54. The number of likely N-dealkylation sites (tertiary alicyclic amines) is 1. The van der Waals surface area contributed by atoms with Gasteiger partial charge in [-0.2, -0.15) is 0 Å². The van der Waals surface area contributed by atoms with Crippen molar-refractivity contribution in [1.82, 2.24) is 14.4 Å². The van der Waals surface area contributed by atoms with E-state index in [2.05, 4.69) is 24.5 Å². The number of fused-ring (bicyclic) bond motifs is 3. The summed E-state index contributed by atoms with van der Waals surface area (Å²) in [6.45, 7) is 13.8. The first-order valence-corrected chi connectivity index (χ1v) is 11.6. The first-order valence-electron chi connectivity index (χ1n) is 11.6. The van der Waals surface area contributed by atoms with Crippen molar-refractivity contribution in [3.05, 3.63) is 35.0 Å². The summed E-state index contributed by atoms with van der Waals surface area (Å²) < 4.78 is 7.93. The zero-order valence-electron chi connectivity index (χ0n) is 19.5. The highest BCUT2D eigenvalue weighted by atomic mass is 16.6. The van der Waals surface area contributed by atoms with E-state index < -0.39 is 5.60 Å². The first-order chi connectivity index (χ1) is 14.7. The van der Waals surface area contributed by atoms with E-state index in [-0.39, 0.29) is 12.0 Å². The number of rotatable bonds is 2. The molecule has 1 aromatic carbocycles. The van der Waals surface area contributed by atoms with Crippen molar-refractivity contribution in [2.45, 2.75) is 72.6 Å². The summed E-state index contributed by atoms with van der Waals surface area (Å²) in [5, 5.41) is 1.08. The molecule has 0 saturated carbocycles. The monoisotopic (exact) mass is 425 g/mol. The minimum Gasteiger partial charge on any atom is -0.444 e. The number of nitrogens with zero attached hydrogens (tertiary/aromatic N) is 3. The van der Waals surface area contributed by atoms with Crippen molar-refractivity contribution in [2.24, 2.45) is 5.92 Å². The van der Waals surface area contributed by atoms with Gasteiger partial charge in [0.25, 0.3) is 5.91 Å². The number of ether oxygens (including phenoxy) is 1. The van der Waals surface area contributed by atoms with Gasteiger partial charge in [-0.15, -0.1) is 0 Å². The number of hydrogen-bond donors (Lipinski definition) is 0. The van der Waals surface area contributed by atoms with Crippen molar-refractivity contribution < 1.29 is 14.3 Å². The molecule has 168 valence electrons. The fourth-order valence-electron chi connectivity index (χ4n) is 4.82. The minimum absolute atomic E-state index is 0.117. The van der Waals surface area contributed by atoms with Crippen molar-refractivity contribution in [1.29, 1.82) is 0 Å². The molecule has 6 heteroatoms. The molecule has 0 unspecified atom stereocenters. The molecule has 6 nitrogen and oxygen atoms in total. The number of piperidine rings is 1. The van der Waals surface area contributed by atoms with E-state index in [9.17, 15) is 9.59 Å². The Kier molecular flexibility index (Phi) is 5.75. The lowest BCUT2D eigenvalue weighted by molar-refractivity contribution is 0.0223. The highest BCUT2D eigenvalue weighted by molar-refractivity contribution is 5.99. The largest absolute Gasteiger partial charge is 0.444 e. The molecular weight excluding hydrogens is 390 g/mol. The number of benzene rings is 1. The first kappa shape index (κ1) is 21.7. The van der Waals surface area contributed by atoms with Crippen LogP contribution in [0.15, 0.2) is 18.2 Å². The number of aryl methyl sites for hydroxylation is 1. The van der Waals surface area contributed by atoms with Gasteiger partial charge in [0.1, 0.15) is 5.60 Å². The number of carbonyl (C=O) groups excluding carboxylic acids is 2. The Labute approximate surface area is 185 Å². The fourth-order valence-corrected chi connectivity index (χ4v) is 4.82. The molecule has 1 aromatic heterocycles. The summed E-state index contributed by atoms with van der Waals surface area (Å²) in [5.74, 6) is 0.808. The Morgan fingerprint density at radius 3 is 2.45 bits per heavy atom. The van der Waals surface area contributed by atoms with Crippen LogP contribution in [-0.2, 0) is 24.2 Å². The molecule has 0 bridgehead atoms. The maximum absolute atomic E-state index is 13.2. The average molecular weight is 426 g/mol. The maximum atomic E-state index is 13.2. The zero-order valence-corrected chi connectivity index (χ0v) is 19.5. The molecule has 1 fully saturated rings. The molecule has 2 amide bonds. The lowest BCUT2D eigenvalue weighted by atomic mass is 9.98. The van der Waals surface area contributed by atoms with Crippen LogP contribution >= 0.6 is 0 Å². The van der Waals surface area contributed by atoms with Gasteiger partial charge in [-0.1, -0.05) is 6.92 Å². The SMILES string of the molecule is CCn1c2c(c3cc(C(=O)N4CCC(C)CC4)ccc31)CN(C(=O)OC(C)(C)C)CC2. The fraction of sp³-hybridized carbons (Fsp3) is 0.600. The number of hydrogen-bond acceptors (Lipinski definition) is 3. The van der Waals surface area contributed by atoms with Gasteiger partial charge in [0.05, 0.1) is 6.54 Å². The highest BCUT2D eigenvalue weighted by Crippen LogP contribution is 2.33. The molecule has 1 saturated heterocycles. The summed E-state index contributed by atoms with van der Waals surface area (Å²) in [6.07, 6.45) is 2.66. The summed E-state index contributed by atoms with van der Waals surface area (Å²) in [7, 11) is 0. The van der Waals surface area contributed by atoms with Gasteiger partial charge in [0.15, 0.2) is 0 Å². The molecule has 2 aliphatic rings. The topological polar surface area (TPSA) is 54.8 Å². The Hall–Kier alpha value is -2.50. The Morgan fingerprint density at radius 1 is 1.10 bits per heavy atom. The van der Waals surface area contributed by atoms with E-state index in [4.69, 9.17) is 4.74 Å². The molecule has 31 heavy (non-hydrogen) atoms. The predicted octanol–water partition coefficient (Wildman–Crippen LogP) is 4.83. The Bertz CT molecular complexity index is 994. The van der Waals surface area contributed by atoms with Crippen LogP contribution in [0, 0.1) is 5.92 Å². The summed E-state index contributed by atoms with van der Waals surface area (Å²) in [4.78, 5) is 29.6. The van der Waals surface area contributed by atoms with Crippen molar-refractivity contribution in [2.75, 3.05) is 19.6 Å². The van der Waals surface area contributed by atoms with Crippen molar-refractivity contribution >= 4 is 22.9 Å². The number of amides is 2. The summed E-state index contributed by atoms with van der Waals surface area (Å²) in [5.41, 5.74) is 3.79. The molecule has 0 spiro atoms. The Morgan fingerprint density at radius 2 is 1.81 bits per heavy atom. The zero-order chi connectivity index (χ0) is 22.3. The molecule has 0 radical (unpaired) electrons. The van der Waals surface area contributed by atoms with Gasteiger partial charge < -0.3 is 19.1 Å². The van der Waals surface area contributed by atoms with Crippen LogP contribution in [0.4, 0.5) is 4.79 Å². The third kappa shape index (κ3) is 4.30.